The maximum absolute atomic E-state index is 11.7. The molecule has 0 aliphatic carbocycles. The number of carbonyl (C=O) groups is 2. The number of aliphatic hydroxyl groups excluding tert-OH is 1. The van der Waals surface area contributed by atoms with E-state index in [1.807, 2.05) is 20.8 Å². The first kappa shape index (κ1) is 16.9. The highest BCUT2D eigenvalue weighted by molar-refractivity contribution is 5.76. The predicted molar refractivity (Wildman–Crippen MR) is 72.7 cm³/mol. The van der Waals surface area contributed by atoms with E-state index in [-0.39, 0.29) is 36.4 Å². The van der Waals surface area contributed by atoms with Crippen LogP contribution in [-0.4, -0.2) is 42.0 Å². The van der Waals surface area contributed by atoms with Crippen LogP contribution in [0.25, 0.3) is 0 Å². The number of amides is 1. The van der Waals surface area contributed by atoms with Gasteiger partial charge in [0.1, 0.15) is 6.61 Å². The normalized spacial score (nSPS) is 33.5. The molecule has 5 atom stereocenters. The van der Waals surface area contributed by atoms with Crippen LogP contribution in [0.1, 0.15) is 40.5 Å². The minimum atomic E-state index is -1.08. The number of hydrogen-bond acceptors (Lipinski definition) is 5. The van der Waals surface area contributed by atoms with Crippen molar-refractivity contribution >= 4 is 11.9 Å². The van der Waals surface area contributed by atoms with Gasteiger partial charge in [0.15, 0.2) is 6.29 Å². The van der Waals surface area contributed by atoms with Crippen LogP contribution >= 0.6 is 0 Å². The molecule has 6 heteroatoms. The molecule has 116 valence electrons. The molecule has 0 aromatic carbocycles. The lowest BCUT2D eigenvalue weighted by Crippen LogP contribution is -2.57. The lowest BCUT2D eigenvalue weighted by molar-refractivity contribution is -0.223. The Morgan fingerprint density at radius 2 is 1.95 bits per heavy atom. The van der Waals surface area contributed by atoms with Crippen molar-refractivity contribution in [2.24, 2.45) is 11.8 Å². The summed E-state index contributed by atoms with van der Waals surface area (Å²) in [6.45, 7) is 7.29. The van der Waals surface area contributed by atoms with E-state index < -0.39 is 12.3 Å². The first-order valence-corrected chi connectivity index (χ1v) is 7.13. The first-order chi connectivity index (χ1) is 9.36. The molecule has 6 nitrogen and oxygen atoms in total. The van der Waals surface area contributed by atoms with Crippen LogP contribution in [0, 0.1) is 11.8 Å². The summed E-state index contributed by atoms with van der Waals surface area (Å²) in [5, 5.41) is 12.8. The van der Waals surface area contributed by atoms with E-state index in [4.69, 9.17) is 9.47 Å². The molecule has 1 saturated heterocycles. The van der Waals surface area contributed by atoms with Gasteiger partial charge in [-0.2, -0.15) is 0 Å². The van der Waals surface area contributed by atoms with E-state index in [2.05, 4.69) is 5.32 Å². The number of nitrogens with one attached hydrogen (secondary N) is 1. The molecule has 0 aromatic rings. The van der Waals surface area contributed by atoms with E-state index in [9.17, 15) is 14.7 Å². The fourth-order valence-electron chi connectivity index (χ4n) is 2.39. The van der Waals surface area contributed by atoms with Crippen LogP contribution < -0.4 is 5.32 Å². The molecule has 2 N–H and O–H groups in total. The van der Waals surface area contributed by atoms with Gasteiger partial charge in [-0.05, 0) is 18.3 Å². The van der Waals surface area contributed by atoms with Gasteiger partial charge in [-0.25, -0.2) is 0 Å². The quantitative estimate of drug-likeness (QED) is 0.731. The Labute approximate surface area is 119 Å². The van der Waals surface area contributed by atoms with E-state index in [1.165, 1.54) is 6.92 Å². The molecule has 1 rings (SSSR count). The van der Waals surface area contributed by atoms with E-state index in [0.717, 1.165) is 6.42 Å². The molecule has 1 aliphatic rings. The summed E-state index contributed by atoms with van der Waals surface area (Å²) in [4.78, 5) is 22.5. The molecule has 0 bridgehead atoms. The van der Waals surface area contributed by atoms with Crippen LogP contribution in [0.15, 0.2) is 0 Å². The van der Waals surface area contributed by atoms with Crippen LogP contribution in [0.2, 0.25) is 0 Å². The summed E-state index contributed by atoms with van der Waals surface area (Å²) >= 11 is 0. The fraction of sp³-hybridized carbons (Fsp3) is 0.857. The summed E-state index contributed by atoms with van der Waals surface area (Å²) < 4.78 is 10.4. The first-order valence-electron chi connectivity index (χ1n) is 7.13. The summed E-state index contributed by atoms with van der Waals surface area (Å²) in [6.07, 6.45) is -0.249. The summed E-state index contributed by atoms with van der Waals surface area (Å²) in [6, 6.07) is -0.433. The van der Waals surface area contributed by atoms with Gasteiger partial charge in [0.05, 0.1) is 12.1 Å². The van der Waals surface area contributed by atoms with Crippen molar-refractivity contribution in [2.45, 2.75) is 59.0 Å². The predicted octanol–water partition coefficient (Wildman–Crippen LogP) is 0.824. The topological polar surface area (TPSA) is 84.9 Å². The van der Waals surface area contributed by atoms with E-state index >= 15 is 0 Å². The summed E-state index contributed by atoms with van der Waals surface area (Å²) in [7, 11) is 0. The van der Waals surface area contributed by atoms with Crippen molar-refractivity contribution in [3.8, 4) is 0 Å². The summed E-state index contributed by atoms with van der Waals surface area (Å²) in [5.74, 6) is -0.372. The molecule has 0 radical (unpaired) electrons. The van der Waals surface area contributed by atoms with Crippen LogP contribution in [0.4, 0.5) is 0 Å². The van der Waals surface area contributed by atoms with Crippen LogP contribution in [0.5, 0.6) is 0 Å². The number of esters is 1. The van der Waals surface area contributed by atoms with E-state index in [1.54, 1.807) is 0 Å². The molecule has 20 heavy (non-hydrogen) atoms. The maximum Gasteiger partial charge on any atom is 0.302 e. The van der Waals surface area contributed by atoms with Crippen molar-refractivity contribution in [1.29, 1.82) is 0 Å². The Bertz CT molecular complexity index is 346. The standard InChI is InChI=1S/C14H25NO5/c1-5-6-12(17)15-13-9(3)8(2)11(20-14(13)18)7-19-10(4)16/h8-9,11,13-14,18H,5-7H2,1-4H3,(H,15,17)/t8-,9-,11?,13?,14?/m0/s1. The van der Waals surface area contributed by atoms with Crippen molar-refractivity contribution in [2.75, 3.05) is 6.61 Å². The van der Waals surface area contributed by atoms with Gasteiger partial charge < -0.3 is 19.9 Å². The third kappa shape index (κ3) is 4.45. The van der Waals surface area contributed by atoms with E-state index in [0.29, 0.717) is 6.42 Å². The van der Waals surface area contributed by atoms with Crippen LogP contribution in [-0.2, 0) is 19.1 Å². The second-order valence-corrected chi connectivity index (χ2v) is 5.43. The van der Waals surface area contributed by atoms with Crippen molar-refractivity contribution in [3.05, 3.63) is 0 Å². The fourth-order valence-corrected chi connectivity index (χ4v) is 2.39. The second-order valence-electron chi connectivity index (χ2n) is 5.43. The zero-order valence-corrected chi connectivity index (χ0v) is 12.6. The number of carbonyl (C=O) groups excluding carboxylic acids is 2. The molecule has 1 aliphatic heterocycles. The SMILES string of the molecule is CCCC(=O)NC1C(O)OC(COC(C)=O)[C@@H](C)[C@@H]1C. The smallest absolute Gasteiger partial charge is 0.302 e. The van der Waals surface area contributed by atoms with Crippen molar-refractivity contribution in [1.82, 2.24) is 5.32 Å². The third-order valence-electron chi connectivity index (χ3n) is 3.86. The second kappa shape index (κ2) is 7.59. The lowest BCUT2D eigenvalue weighted by Gasteiger charge is -2.42. The molecule has 0 spiro atoms. The number of aliphatic hydroxyl groups is 1. The Morgan fingerprint density at radius 3 is 2.50 bits per heavy atom. The van der Waals surface area contributed by atoms with Gasteiger partial charge in [-0.3, -0.25) is 9.59 Å². The Kier molecular flexibility index (Phi) is 6.42. The monoisotopic (exact) mass is 287 g/mol. The molecule has 0 saturated carbocycles. The minimum Gasteiger partial charge on any atom is -0.463 e. The molecule has 3 unspecified atom stereocenters. The zero-order valence-electron chi connectivity index (χ0n) is 12.6. The number of ether oxygens (including phenoxy) is 2. The van der Waals surface area contributed by atoms with Gasteiger partial charge >= 0.3 is 5.97 Å². The Hall–Kier alpha value is -1.14. The molecule has 1 amide bonds. The number of hydrogen-bond donors (Lipinski definition) is 2. The highest BCUT2D eigenvalue weighted by Crippen LogP contribution is 2.30. The highest BCUT2D eigenvalue weighted by Gasteiger charge is 2.41. The Balaban J connectivity index is 2.61. The molecule has 1 fully saturated rings. The summed E-state index contributed by atoms with van der Waals surface area (Å²) in [5.41, 5.74) is 0. The molecule has 0 aromatic heterocycles. The van der Waals surface area contributed by atoms with Gasteiger partial charge in [0.25, 0.3) is 0 Å². The molecular formula is C14H25NO5. The largest absolute Gasteiger partial charge is 0.463 e. The third-order valence-corrected chi connectivity index (χ3v) is 3.86. The zero-order chi connectivity index (χ0) is 15.3. The van der Waals surface area contributed by atoms with Crippen molar-refractivity contribution < 1.29 is 24.2 Å². The number of rotatable bonds is 5. The average molecular weight is 287 g/mol. The minimum absolute atomic E-state index is 0.0279. The molecular weight excluding hydrogens is 262 g/mol. The van der Waals surface area contributed by atoms with Gasteiger partial charge in [-0.1, -0.05) is 20.8 Å². The average Bonchev–Trinajstić information content (AvgIpc) is 2.37. The van der Waals surface area contributed by atoms with Crippen LogP contribution in [0.3, 0.4) is 0 Å². The Morgan fingerprint density at radius 1 is 1.30 bits per heavy atom. The maximum atomic E-state index is 11.7. The highest BCUT2D eigenvalue weighted by atomic mass is 16.6. The molecule has 1 heterocycles. The van der Waals surface area contributed by atoms with Gasteiger partial charge in [0, 0.05) is 13.3 Å². The van der Waals surface area contributed by atoms with Gasteiger partial charge in [-0.15, -0.1) is 0 Å². The van der Waals surface area contributed by atoms with Gasteiger partial charge in [0.2, 0.25) is 5.91 Å². The lowest BCUT2D eigenvalue weighted by atomic mass is 9.82. The van der Waals surface area contributed by atoms with Crippen molar-refractivity contribution in [3.63, 3.8) is 0 Å².